The minimum Gasteiger partial charge on any atom is -0.494 e. The second kappa shape index (κ2) is 16.4. The normalized spacial score (nSPS) is 29.5. The molecule has 2 aromatic rings. The number of ether oxygens (including phenoxy) is 4. The van der Waals surface area contributed by atoms with E-state index in [4.69, 9.17) is 42.1 Å². The summed E-state index contributed by atoms with van der Waals surface area (Å²) in [7, 11) is 5.68. The second-order valence-electron chi connectivity index (χ2n) is 17.9. The lowest BCUT2D eigenvalue weighted by atomic mass is 9.44. The zero-order chi connectivity index (χ0) is 39.1. The Balaban J connectivity index is 1.37. The minimum absolute atomic E-state index is 0.240. The van der Waals surface area contributed by atoms with Crippen molar-refractivity contribution < 1.29 is 28.5 Å². The van der Waals surface area contributed by atoms with Crippen molar-refractivity contribution in [1.29, 1.82) is 0 Å². The predicted molar refractivity (Wildman–Crippen MR) is 218 cm³/mol. The van der Waals surface area contributed by atoms with E-state index in [-0.39, 0.29) is 28.0 Å². The van der Waals surface area contributed by atoms with E-state index in [0.29, 0.717) is 21.4 Å². The summed E-state index contributed by atoms with van der Waals surface area (Å²) in [6.07, 6.45) is 15.0. The van der Waals surface area contributed by atoms with E-state index in [1.165, 1.54) is 91.8 Å². The van der Waals surface area contributed by atoms with Gasteiger partial charge in [0.1, 0.15) is 11.1 Å². The molecule has 4 fully saturated rings. The first kappa shape index (κ1) is 40.9. The molecule has 0 spiro atoms. The molecule has 6 nitrogen and oxygen atoms in total. The number of esters is 2. The highest BCUT2D eigenvalue weighted by molar-refractivity contribution is 6.33. The van der Waals surface area contributed by atoms with Crippen LogP contribution in [0.3, 0.4) is 0 Å². The number of rotatable bonds is 11. The van der Waals surface area contributed by atoms with Crippen molar-refractivity contribution in [3.63, 3.8) is 0 Å². The Bertz CT molecular complexity index is 1690. The summed E-state index contributed by atoms with van der Waals surface area (Å²) in [5.41, 5.74) is 4.89. The Kier molecular flexibility index (Phi) is 12.4. The Morgan fingerprint density at radius 3 is 1.85 bits per heavy atom. The molecule has 0 aromatic heterocycles. The number of hydrogen-bond donors (Lipinski definition) is 0. The number of halogens is 2. The molecule has 0 bridgehead atoms. The average Bonchev–Trinajstić information content (AvgIpc) is 3.51. The van der Waals surface area contributed by atoms with Crippen molar-refractivity contribution >= 4 is 40.7 Å². The van der Waals surface area contributed by atoms with E-state index in [1.807, 2.05) is 12.1 Å². The van der Waals surface area contributed by atoms with Crippen molar-refractivity contribution in [1.82, 2.24) is 0 Å². The Labute approximate surface area is 334 Å². The van der Waals surface area contributed by atoms with Gasteiger partial charge in [-0.25, -0.2) is 9.59 Å². The van der Waals surface area contributed by atoms with Crippen LogP contribution in [0.4, 0.5) is 0 Å². The quantitative estimate of drug-likeness (QED) is 0.211. The minimum atomic E-state index is -0.541. The van der Waals surface area contributed by atoms with E-state index in [1.54, 1.807) is 12.1 Å². The highest BCUT2D eigenvalue weighted by atomic mass is 35.5. The van der Waals surface area contributed by atoms with Gasteiger partial charge in [0.2, 0.25) is 0 Å². The van der Waals surface area contributed by atoms with Crippen molar-refractivity contribution in [3.05, 3.63) is 62.1 Å². The van der Waals surface area contributed by atoms with Crippen LogP contribution in [-0.4, -0.2) is 40.4 Å². The van der Waals surface area contributed by atoms with Gasteiger partial charge in [0, 0.05) is 0 Å². The Morgan fingerprint density at radius 2 is 1.31 bits per heavy atom. The molecule has 296 valence electrons. The number of carbonyl (C=O) groups is 2. The molecule has 4 aliphatic carbocycles. The molecule has 54 heavy (non-hydrogen) atoms. The molecule has 0 aliphatic heterocycles. The van der Waals surface area contributed by atoms with Crippen LogP contribution in [0, 0.1) is 52.3 Å². The number of fused-ring (bicyclic) bond motifs is 5. The van der Waals surface area contributed by atoms with Gasteiger partial charge in [-0.2, -0.15) is 0 Å². The van der Waals surface area contributed by atoms with Gasteiger partial charge in [0.25, 0.3) is 0 Å². The predicted octanol–water partition coefficient (Wildman–Crippen LogP) is 12.5. The van der Waals surface area contributed by atoms with Gasteiger partial charge < -0.3 is 18.9 Å². The molecule has 0 radical (unpaired) electrons. The fourth-order valence-corrected chi connectivity index (χ4v) is 12.9. The smallest absolute Gasteiger partial charge is 0.341 e. The molecule has 6 rings (SSSR count). The third kappa shape index (κ3) is 7.33. The lowest BCUT2D eigenvalue weighted by Gasteiger charge is -2.61. The van der Waals surface area contributed by atoms with Crippen molar-refractivity contribution in [2.45, 2.75) is 112 Å². The highest BCUT2D eigenvalue weighted by Gasteiger charge is 2.60. The van der Waals surface area contributed by atoms with Gasteiger partial charge in [-0.1, -0.05) is 82.7 Å². The molecule has 0 amide bonds. The Hall–Kier alpha value is -2.70. The summed E-state index contributed by atoms with van der Waals surface area (Å²) in [5, 5.41) is 0.605. The summed E-state index contributed by atoms with van der Waals surface area (Å²) in [5.74, 6) is 4.77. The van der Waals surface area contributed by atoms with E-state index in [0.717, 1.165) is 71.5 Å². The number of hydrogen-bond acceptors (Lipinski definition) is 6. The first-order valence-corrected chi connectivity index (χ1v) is 21.1. The summed E-state index contributed by atoms with van der Waals surface area (Å²) in [4.78, 5) is 26.1. The van der Waals surface area contributed by atoms with Gasteiger partial charge >= 0.3 is 11.9 Å². The molecule has 8 heteroatoms. The molecule has 0 unspecified atom stereocenters. The fraction of sp³-hybridized carbons (Fsp3) is 0.652. The van der Waals surface area contributed by atoms with Crippen LogP contribution in [0.1, 0.15) is 144 Å². The second-order valence-corrected chi connectivity index (χ2v) is 18.7. The maximum Gasteiger partial charge on any atom is 0.341 e. The van der Waals surface area contributed by atoms with Crippen molar-refractivity contribution in [2.75, 3.05) is 28.4 Å². The average molecular weight is 782 g/mol. The number of benzene rings is 2. The maximum atomic E-state index is 13.1. The lowest BCUT2D eigenvalue weighted by molar-refractivity contribution is -0.108. The summed E-state index contributed by atoms with van der Waals surface area (Å²) < 4.78 is 21.5. The standard InChI is InChI=1S/C46H62Cl2O6/c1-26(2)11-10-12-27(3)35-15-16-36-32-14-13-31-21-28(17-19-45(31,4)37(32)18-20-46(35,36)5)40(29-22-33(43(49)53-8)41(51-6)38(47)24-29)30-23-34(44(50)54-9)42(52-7)39(48)25-30/h22-27,31-32,35-37H,10-21H2,1-9H3/t27-,31+,32+,35-,36+,37+,45+,46-/m1/s1. The van der Waals surface area contributed by atoms with Crippen molar-refractivity contribution in [2.24, 2.45) is 52.3 Å². The van der Waals surface area contributed by atoms with Gasteiger partial charge in [-0.15, -0.1) is 0 Å². The van der Waals surface area contributed by atoms with Crippen LogP contribution in [0.5, 0.6) is 11.5 Å². The zero-order valence-corrected chi connectivity index (χ0v) is 35.6. The van der Waals surface area contributed by atoms with Crippen LogP contribution in [0.25, 0.3) is 5.57 Å². The molecular weight excluding hydrogens is 719 g/mol. The fourth-order valence-electron chi connectivity index (χ4n) is 12.3. The molecular formula is C46H62Cl2O6. The summed E-state index contributed by atoms with van der Waals surface area (Å²) in [6, 6.07) is 7.28. The SMILES string of the molecule is COC(=O)c1cc(C(=C2CC[C@@]3(C)[C@@H](CC[C@@H]4[C@@H]3CC[C@]3(C)[C@@H]([C@H](C)CCCC(C)C)CC[C@@H]43)C2)c2cc(Cl)c(OC)c(C(=O)OC)c2)cc(Cl)c1OC. The molecule has 4 saturated carbocycles. The van der Waals surface area contributed by atoms with E-state index in [2.05, 4.69) is 34.6 Å². The summed E-state index contributed by atoms with van der Waals surface area (Å²) >= 11 is 13.7. The lowest BCUT2D eigenvalue weighted by Crippen LogP contribution is -2.53. The maximum absolute atomic E-state index is 13.1. The monoisotopic (exact) mass is 780 g/mol. The molecule has 8 atom stereocenters. The Morgan fingerprint density at radius 1 is 0.741 bits per heavy atom. The van der Waals surface area contributed by atoms with Gasteiger partial charge in [0.05, 0.1) is 38.5 Å². The highest BCUT2D eigenvalue weighted by Crippen LogP contribution is 2.69. The zero-order valence-electron chi connectivity index (χ0n) is 34.0. The molecule has 0 heterocycles. The third-order valence-electron chi connectivity index (χ3n) is 15.0. The van der Waals surface area contributed by atoms with E-state index < -0.39 is 11.9 Å². The van der Waals surface area contributed by atoms with Crippen LogP contribution in [0.15, 0.2) is 29.8 Å². The third-order valence-corrected chi connectivity index (χ3v) is 15.5. The topological polar surface area (TPSA) is 71.1 Å². The van der Waals surface area contributed by atoms with Crippen molar-refractivity contribution in [3.8, 4) is 11.5 Å². The number of methoxy groups -OCH3 is 4. The van der Waals surface area contributed by atoms with Gasteiger partial charge in [0.15, 0.2) is 11.5 Å². The van der Waals surface area contributed by atoms with Crippen LogP contribution < -0.4 is 9.47 Å². The van der Waals surface area contributed by atoms with Gasteiger partial charge in [-0.05, 0) is 151 Å². The van der Waals surface area contributed by atoms with Crippen LogP contribution in [-0.2, 0) is 9.47 Å². The molecule has 0 N–H and O–H groups in total. The van der Waals surface area contributed by atoms with Crippen LogP contribution in [0.2, 0.25) is 10.0 Å². The first-order chi connectivity index (χ1) is 25.7. The van der Waals surface area contributed by atoms with E-state index >= 15 is 0 Å². The summed E-state index contributed by atoms with van der Waals surface area (Å²) in [6.45, 7) is 12.5. The number of carbonyl (C=O) groups excluding carboxylic acids is 2. The van der Waals surface area contributed by atoms with E-state index in [9.17, 15) is 9.59 Å². The molecule has 0 saturated heterocycles. The number of allylic oxidation sites excluding steroid dienone is 1. The molecule has 2 aromatic carbocycles. The molecule has 4 aliphatic rings. The van der Waals surface area contributed by atoms with Crippen LogP contribution >= 0.6 is 23.2 Å². The largest absolute Gasteiger partial charge is 0.494 e. The van der Waals surface area contributed by atoms with Gasteiger partial charge in [-0.3, -0.25) is 0 Å². The first-order valence-electron chi connectivity index (χ1n) is 20.4.